The SMILES string of the molecule is Cc1ccc(C2CCCN2C(=O)NCC(C)(C)CC(C)O)s1. The number of aliphatic hydroxyl groups excluding tert-OH is 1. The van der Waals surface area contributed by atoms with Crippen molar-refractivity contribution in [2.24, 2.45) is 5.41 Å². The van der Waals surface area contributed by atoms with Gasteiger partial charge in [0.25, 0.3) is 0 Å². The van der Waals surface area contributed by atoms with Gasteiger partial charge < -0.3 is 15.3 Å². The summed E-state index contributed by atoms with van der Waals surface area (Å²) in [4.78, 5) is 17.1. The normalized spacial score (nSPS) is 20.2. The van der Waals surface area contributed by atoms with E-state index in [4.69, 9.17) is 0 Å². The molecule has 2 rings (SSSR count). The first-order chi connectivity index (χ1) is 10.3. The summed E-state index contributed by atoms with van der Waals surface area (Å²) in [5, 5.41) is 12.6. The summed E-state index contributed by atoms with van der Waals surface area (Å²) in [6.45, 7) is 9.45. The van der Waals surface area contributed by atoms with E-state index >= 15 is 0 Å². The number of rotatable bonds is 5. The van der Waals surface area contributed by atoms with Crippen molar-refractivity contribution in [2.75, 3.05) is 13.1 Å². The van der Waals surface area contributed by atoms with E-state index in [0.29, 0.717) is 13.0 Å². The van der Waals surface area contributed by atoms with Crippen molar-refractivity contribution in [3.8, 4) is 0 Å². The molecule has 1 fully saturated rings. The molecule has 1 aromatic heterocycles. The molecular weight excluding hydrogens is 296 g/mol. The van der Waals surface area contributed by atoms with Gasteiger partial charge >= 0.3 is 6.03 Å². The monoisotopic (exact) mass is 324 g/mol. The van der Waals surface area contributed by atoms with E-state index in [-0.39, 0.29) is 23.6 Å². The molecule has 0 aliphatic carbocycles. The summed E-state index contributed by atoms with van der Waals surface area (Å²) in [5.74, 6) is 0. The van der Waals surface area contributed by atoms with Crippen molar-refractivity contribution in [3.05, 3.63) is 21.9 Å². The third kappa shape index (κ3) is 4.46. The second-order valence-electron chi connectivity index (χ2n) is 7.18. The van der Waals surface area contributed by atoms with Crippen LogP contribution in [0.3, 0.4) is 0 Å². The van der Waals surface area contributed by atoms with Crippen LogP contribution in [-0.2, 0) is 0 Å². The Hall–Kier alpha value is -1.07. The average Bonchev–Trinajstić information content (AvgIpc) is 3.02. The molecule has 22 heavy (non-hydrogen) atoms. The Morgan fingerprint density at radius 1 is 1.55 bits per heavy atom. The zero-order valence-corrected chi connectivity index (χ0v) is 14.9. The third-order valence-corrected chi connectivity index (χ3v) is 5.27. The van der Waals surface area contributed by atoms with E-state index in [1.807, 2.05) is 4.90 Å². The molecule has 0 saturated carbocycles. The van der Waals surface area contributed by atoms with Gasteiger partial charge in [-0.15, -0.1) is 11.3 Å². The van der Waals surface area contributed by atoms with Crippen LogP contribution in [0.4, 0.5) is 4.79 Å². The standard InChI is InChI=1S/C17H28N2O2S/c1-12(20)10-17(3,4)11-18-16(21)19-9-5-6-14(19)15-8-7-13(2)22-15/h7-8,12,14,20H,5-6,9-11H2,1-4H3,(H,18,21). The quantitative estimate of drug-likeness (QED) is 0.867. The number of nitrogens with zero attached hydrogens (tertiary/aromatic N) is 1. The Labute approximate surface area is 137 Å². The lowest BCUT2D eigenvalue weighted by atomic mass is 9.87. The lowest BCUT2D eigenvalue weighted by molar-refractivity contribution is 0.126. The first-order valence-electron chi connectivity index (χ1n) is 8.07. The number of hydrogen-bond donors (Lipinski definition) is 2. The summed E-state index contributed by atoms with van der Waals surface area (Å²) in [6.07, 6.45) is 2.44. The summed E-state index contributed by atoms with van der Waals surface area (Å²) < 4.78 is 0. The van der Waals surface area contributed by atoms with Crippen LogP contribution in [0.5, 0.6) is 0 Å². The second kappa shape index (κ2) is 7.01. The molecule has 0 radical (unpaired) electrons. The Balaban J connectivity index is 1.94. The topological polar surface area (TPSA) is 52.6 Å². The summed E-state index contributed by atoms with van der Waals surface area (Å²) in [5.41, 5.74) is -0.0986. The van der Waals surface area contributed by atoms with Crippen LogP contribution in [0.2, 0.25) is 0 Å². The van der Waals surface area contributed by atoms with E-state index < -0.39 is 0 Å². The second-order valence-corrected chi connectivity index (χ2v) is 8.50. The molecule has 4 nitrogen and oxygen atoms in total. The van der Waals surface area contributed by atoms with Crippen LogP contribution >= 0.6 is 11.3 Å². The molecule has 0 aromatic carbocycles. The van der Waals surface area contributed by atoms with Crippen molar-refractivity contribution in [1.82, 2.24) is 10.2 Å². The van der Waals surface area contributed by atoms with Crippen molar-refractivity contribution in [1.29, 1.82) is 0 Å². The molecule has 5 heteroatoms. The van der Waals surface area contributed by atoms with Gasteiger partial charge in [0.15, 0.2) is 0 Å². The fourth-order valence-corrected chi connectivity index (χ4v) is 4.25. The highest BCUT2D eigenvalue weighted by atomic mass is 32.1. The van der Waals surface area contributed by atoms with Gasteiger partial charge in [-0.25, -0.2) is 4.79 Å². The fraction of sp³-hybridized carbons (Fsp3) is 0.706. The summed E-state index contributed by atoms with van der Waals surface area (Å²) in [6, 6.07) is 4.51. The van der Waals surface area contributed by atoms with Gasteiger partial charge in [-0.2, -0.15) is 0 Å². The number of urea groups is 1. The van der Waals surface area contributed by atoms with Crippen LogP contribution < -0.4 is 5.32 Å². The lowest BCUT2D eigenvalue weighted by Crippen LogP contribution is -2.43. The van der Waals surface area contributed by atoms with Crippen molar-refractivity contribution in [2.45, 2.75) is 59.1 Å². The maximum atomic E-state index is 12.5. The zero-order chi connectivity index (χ0) is 16.3. The Morgan fingerprint density at radius 3 is 2.86 bits per heavy atom. The molecule has 1 saturated heterocycles. The first-order valence-corrected chi connectivity index (χ1v) is 8.89. The van der Waals surface area contributed by atoms with E-state index in [1.165, 1.54) is 9.75 Å². The highest BCUT2D eigenvalue weighted by Crippen LogP contribution is 2.35. The maximum Gasteiger partial charge on any atom is 0.317 e. The van der Waals surface area contributed by atoms with Crippen molar-refractivity contribution < 1.29 is 9.90 Å². The highest BCUT2D eigenvalue weighted by molar-refractivity contribution is 7.12. The van der Waals surface area contributed by atoms with Gasteiger partial charge in [-0.05, 0) is 50.7 Å². The van der Waals surface area contributed by atoms with E-state index in [9.17, 15) is 9.90 Å². The van der Waals surface area contributed by atoms with E-state index in [0.717, 1.165) is 19.4 Å². The number of aliphatic hydroxyl groups is 1. The smallest absolute Gasteiger partial charge is 0.317 e. The fourth-order valence-electron chi connectivity index (χ4n) is 3.23. The lowest BCUT2D eigenvalue weighted by Gasteiger charge is -2.29. The van der Waals surface area contributed by atoms with Gasteiger partial charge in [0.1, 0.15) is 0 Å². The van der Waals surface area contributed by atoms with Gasteiger partial charge in [-0.3, -0.25) is 0 Å². The van der Waals surface area contributed by atoms with Crippen LogP contribution in [0, 0.1) is 12.3 Å². The van der Waals surface area contributed by atoms with Crippen LogP contribution in [0.15, 0.2) is 12.1 Å². The number of thiophene rings is 1. The van der Waals surface area contributed by atoms with Crippen molar-refractivity contribution in [3.63, 3.8) is 0 Å². The van der Waals surface area contributed by atoms with Gasteiger partial charge in [-0.1, -0.05) is 13.8 Å². The van der Waals surface area contributed by atoms with Crippen LogP contribution in [0.1, 0.15) is 55.8 Å². The number of hydrogen-bond acceptors (Lipinski definition) is 3. The third-order valence-electron chi connectivity index (χ3n) is 4.17. The number of amides is 2. The minimum absolute atomic E-state index is 0.0206. The van der Waals surface area contributed by atoms with E-state index in [2.05, 4.69) is 38.2 Å². The molecule has 1 aliphatic heterocycles. The first kappa shape index (κ1) is 17.3. The molecule has 0 bridgehead atoms. The highest BCUT2D eigenvalue weighted by Gasteiger charge is 2.31. The van der Waals surface area contributed by atoms with Gasteiger partial charge in [0.2, 0.25) is 0 Å². The van der Waals surface area contributed by atoms with E-state index in [1.54, 1.807) is 18.3 Å². The number of carbonyl (C=O) groups excluding carboxylic acids is 1. The molecule has 1 aliphatic rings. The largest absolute Gasteiger partial charge is 0.393 e. The van der Waals surface area contributed by atoms with Crippen LogP contribution in [-0.4, -0.2) is 35.2 Å². The van der Waals surface area contributed by atoms with Gasteiger partial charge in [0.05, 0.1) is 12.1 Å². The minimum atomic E-state index is -0.347. The Bertz CT molecular complexity index is 511. The zero-order valence-electron chi connectivity index (χ0n) is 14.1. The maximum absolute atomic E-state index is 12.5. The number of likely N-dealkylation sites (tertiary alicyclic amines) is 1. The molecule has 2 amide bonds. The predicted molar refractivity (Wildman–Crippen MR) is 91.2 cm³/mol. The number of nitrogens with one attached hydrogen (secondary N) is 1. The molecule has 2 heterocycles. The Kier molecular flexibility index (Phi) is 5.50. The average molecular weight is 324 g/mol. The molecular formula is C17H28N2O2S. The molecule has 2 unspecified atom stereocenters. The molecule has 124 valence electrons. The minimum Gasteiger partial charge on any atom is -0.393 e. The Morgan fingerprint density at radius 2 is 2.27 bits per heavy atom. The van der Waals surface area contributed by atoms with Gasteiger partial charge in [0, 0.05) is 22.8 Å². The molecule has 0 spiro atoms. The molecule has 2 N–H and O–H groups in total. The molecule has 1 aromatic rings. The summed E-state index contributed by atoms with van der Waals surface area (Å²) in [7, 11) is 0. The predicted octanol–water partition coefficient (Wildman–Crippen LogP) is 3.70. The summed E-state index contributed by atoms with van der Waals surface area (Å²) >= 11 is 1.78. The molecule has 2 atom stereocenters. The number of aryl methyl sites for hydroxylation is 1. The number of carbonyl (C=O) groups is 1. The van der Waals surface area contributed by atoms with Crippen LogP contribution in [0.25, 0.3) is 0 Å². The van der Waals surface area contributed by atoms with Crippen molar-refractivity contribution >= 4 is 17.4 Å².